The lowest BCUT2D eigenvalue weighted by Gasteiger charge is -2.29. The Balaban J connectivity index is 1.16. The van der Waals surface area contributed by atoms with Crippen LogP contribution < -0.4 is 9.80 Å². The lowest BCUT2D eigenvalue weighted by atomic mass is 9.84. The van der Waals surface area contributed by atoms with E-state index in [1.54, 1.807) is 0 Å². The number of fused-ring (bicyclic) bond motifs is 2. The van der Waals surface area contributed by atoms with Crippen LogP contribution in [-0.4, -0.2) is 0 Å². The first-order valence-corrected chi connectivity index (χ1v) is 19.9. The normalized spacial score (nSPS) is 11.1. The van der Waals surface area contributed by atoms with Gasteiger partial charge in [-0.2, -0.15) is 0 Å². The monoisotopic (exact) mass is 740 g/mol. The van der Waals surface area contributed by atoms with Crippen LogP contribution in [0, 0.1) is 0 Å². The molecule has 10 aromatic carbocycles. The average Bonchev–Trinajstić information content (AvgIpc) is 3.30. The summed E-state index contributed by atoms with van der Waals surface area (Å²) in [4.78, 5) is 4.68. The fraction of sp³-hybridized carbons (Fsp3) is 0. The van der Waals surface area contributed by atoms with Crippen LogP contribution in [0.15, 0.2) is 243 Å². The van der Waals surface area contributed by atoms with Crippen molar-refractivity contribution < 1.29 is 0 Å². The first-order valence-electron chi connectivity index (χ1n) is 19.9. The molecule has 58 heavy (non-hydrogen) atoms. The maximum atomic E-state index is 2.42. The highest BCUT2D eigenvalue weighted by molar-refractivity contribution is 6.22. The summed E-state index contributed by atoms with van der Waals surface area (Å²) in [5.74, 6) is 0. The van der Waals surface area contributed by atoms with Gasteiger partial charge in [-0.05, 0) is 122 Å². The Hall–Kier alpha value is -7.68. The van der Waals surface area contributed by atoms with Gasteiger partial charge in [0, 0.05) is 34.0 Å². The molecule has 274 valence electrons. The van der Waals surface area contributed by atoms with Gasteiger partial charge in [-0.25, -0.2) is 0 Å². The third-order valence-corrected chi connectivity index (χ3v) is 11.0. The van der Waals surface area contributed by atoms with Gasteiger partial charge >= 0.3 is 0 Å². The van der Waals surface area contributed by atoms with Gasteiger partial charge in [0.2, 0.25) is 0 Å². The summed E-state index contributed by atoms with van der Waals surface area (Å²) >= 11 is 0. The summed E-state index contributed by atoms with van der Waals surface area (Å²) in [5.41, 5.74) is 13.8. The number of para-hydroxylation sites is 4. The molecular weight excluding hydrogens is 701 g/mol. The SMILES string of the molecule is c1ccc(-c2c3ccccc3c(-c3ccccc3)c3cc(-c4ccccc4N(c4ccccc4)c4ccc(N(c5ccccc5)c5ccccc5)cc4)ccc23)cc1. The van der Waals surface area contributed by atoms with Crippen LogP contribution in [0.3, 0.4) is 0 Å². The fourth-order valence-corrected chi connectivity index (χ4v) is 8.45. The molecule has 0 saturated carbocycles. The molecule has 0 aromatic heterocycles. The number of rotatable bonds is 9. The van der Waals surface area contributed by atoms with Crippen molar-refractivity contribution in [1.29, 1.82) is 0 Å². The number of hydrogen-bond donors (Lipinski definition) is 0. The summed E-state index contributed by atoms with van der Waals surface area (Å²) in [7, 11) is 0. The van der Waals surface area contributed by atoms with Crippen molar-refractivity contribution in [1.82, 2.24) is 0 Å². The molecule has 0 N–H and O–H groups in total. The van der Waals surface area contributed by atoms with Gasteiger partial charge in [0.15, 0.2) is 0 Å². The van der Waals surface area contributed by atoms with Gasteiger partial charge < -0.3 is 9.80 Å². The van der Waals surface area contributed by atoms with Crippen molar-refractivity contribution >= 4 is 55.7 Å². The molecule has 0 aliphatic heterocycles. The van der Waals surface area contributed by atoms with Gasteiger partial charge in [-0.3, -0.25) is 0 Å². The van der Waals surface area contributed by atoms with Crippen LogP contribution >= 0.6 is 0 Å². The van der Waals surface area contributed by atoms with Gasteiger partial charge in [0.1, 0.15) is 0 Å². The van der Waals surface area contributed by atoms with Crippen molar-refractivity contribution in [2.24, 2.45) is 0 Å². The summed E-state index contributed by atoms with van der Waals surface area (Å²) < 4.78 is 0. The number of anilines is 6. The zero-order valence-electron chi connectivity index (χ0n) is 32.0. The summed E-state index contributed by atoms with van der Waals surface area (Å²) in [6.07, 6.45) is 0. The van der Waals surface area contributed by atoms with Crippen molar-refractivity contribution in [2.45, 2.75) is 0 Å². The van der Waals surface area contributed by atoms with Gasteiger partial charge in [0.25, 0.3) is 0 Å². The molecule has 2 nitrogen and oxygen atoms in total. The van der Waals surface area contributed by atoms with Gasteiger partial charge in [-0.15, -0.1) is 0 Å². The Bertz CT molecular complexity index is 2920. The lowest BCUT2D eigenvalue weighted by Crippen LogP contribution is -2.12. The van der Waals surface area contributed by atoms with Gasteiger partial charge in [0.05, 0.1) is 5.69 Å². The van der Waals surface area contributed by atoms with E-state index in [9.17, 15) is 0 Å². The van der Waals surface area contributed by atoms with Crippen LogP contribution in [0.25, 0.3) is 54.9 Å². The molecule has 0 atom stereocenters. The molecular formula is C56H40N2. The molecule has 0 spiro atoms. The highest BCUT2D eigenvalue weighted by atomic mass is 15.2. The Morgan fingerprint density at radius 2 is 0.586 bits per heavy atom. The number of benzene rings is 10. The molecule has 0 aliphatic carbocycles. The van der Waals surface area contributed by atoms with E-state index in [1.165, 1.54) is 43.8 Å². The third-order valence-electron chi connectivity index (χ3n) is 11.0. The topological polar surface area (TPSA) is 6.48 Å². The summed E-state index contributed by atoms with van der Waals surface area (Å²) in [5, 5.41) is 4.97. The van der Waals surface area contributed by atoms with Crippen molar-refractivity contribution in [3.8, 4) is 33.4 Å². The molecule has 0 aliphatic rings. The minimum Gasteiger partial charge on any atom is -0.311 e. The maximum Gasteiger partial charge on any atom is 0.0540 e. The predicted octanol–water partition coefficient (Wildman–Crippen LogP) is 15.9. The molecule has 10 rings (SSSR count). The van der Waals surface area contributed by atoms with E-state index in [0.717, 1.165) is 45.3 Å². The van der Waals surface area contributed by atoms with E-state index in [-0.39, 0.29) is 0 Å². The second-order valence-corrected chi connectivity index (χ2v) is 14.5. The minimum absolute atomic E-state index is 1.08. The molecule has 0 fully saturated rings. The fourth-order valence-electron chi connectivity index (χ4n) is 8.45. The third kappa shape index (κ3) is 6.47. The summed E-state index contributed by atoms with van der Waals surface area (Å²) in [6, 6.07) is 87.2. The van der Waals surface area contributed by atoms with Crippen LogP contribution in [0.4, 0.5) is 34.1 Å². The highest BCUT2D eigenvalue weighted by Crippen LogP contribution is 2.47. The first kappa shape index (κ1) is 34.8. The minimum atomic E-state index is 1.08. The standard InChI is InChI=1S/C56H40N2/c1-6-20-41(21-7-1)55-50-31-16-17-32-51(50)56(42-22-8-2-9-23-42)53-40-43(34-39-52(53)55)49-30-18-19-33-54(49)58(46-28-14-5-15-29-46)48-37-35-47(36-38-48)57(44-24-10-3-11-25-44)45-26-12-4-13-27-45/h1-40H. The van der Waals surface area contributed by atoms with E-state index in [1.807, 2.05) is 0 Å². The van der Waals surface area contributed by atoms with Crippen LogP contribution in [-0.2, 0) is 0 Å². The predicted molar refractivity (Wildman–Crippen MR) is 247 cm³/mol. The van der Waals surface area contributed by atoms with Crippen LogP contribution in [0.2, 0.25) is 0 Å². The zero-order valence-corrected chi connectivity index (χ0v) is 32.0. The Morgan fingerprint density at radius 1 is 0.224 bits per heavy atom. The van der Waals surface area contributed by atoms with Crippen LogP contribution in [0.5, 0.6) is 0 Å². The molecule has 0 amide bonds. The number of hydrogen-bond acceptors (Lipinski definition) is 2. The van der Waals surface area contributed by atoms with Crippen LogP contribution in [0.1, 0.15) is 0 Å². The quantitative estimate of drug-likeness (QED) is 0.136. The Labute approximate surface area is 340 Å². The van der Waals surface area contributed by atoms with E-state index in [2.05, 4.69) is 252 Å². The molecule has 0 saturated heterocycles. The molecule has 0 unspecified atom stereocenters. The van der Waals surface area contributed by atoms with E-state index < -0.39 is 0 Å². The second kappa shape index (κ2) is 15.5. The van der Waals surface area contributed by atoms with E-state index >= 15 is 0 Å². The number of nitrogens with zero attached hydrogens (tertiary/aromatic N) is 2. The molecule has 0 heterocycles. The second-order valence-electron chi connectivity index (χ2n) is 14.5. The molecule has 10 aromatic rings. The molecule has 2 heteroatoms. The Morgan fingerprint density at radius 3 is 1.10 bits per heavy atom. The largest absolute Gasteiger partial charge is 0.311 e. The average molecular weight is 741 g/mol. The van der Waals surface area contributed by atoms with Crippen molar-refractivity contribution in [3.05, 3.63) is 243 Å². The highest BCUT2D eigenvalue weighted by Gasteiger charge is 2.21. The molecule has 0 bridgehead atoms. The zero-order chi connectivity index (χ0) is 38.7. The smallest absolute Gasteiger partial charge is 0.0540 e. The van der Waals surface area contributed by atoms with Crippen molar-refractivity contribution in [2.75, 3.05) is 9.80 Å². The molecule has 0 radical (unpaired) electrons. The van der Waals surface area contributed by atoms with E-state index in [0.29, 0.717) is 0 Å². The van der Waals surface area contributed by atoms with Gasteiger partial charge in [-0.1, -0.05) is 170 Å². The first-order chi connectivity index (χ1) is 28.8. The lowest BCUT2D eigenvalue weighted by molar-refractivity contribution is 1.26. The van der Waals surface area contributed by atoms with Crippen molar-refractivity contribution in [3.63, 3.8) is 0 Å². The Kier molecular flexibility index (Phi) is 9.27. The maximum absolute atomic E-state index is 2.42. The van der Waals surface area contributed by atoms with E-state index in [4.69, 9.17) is 0 Å². The summed E-state index contributed by atoms with van der Waals surface area (Å²) in [6.45, 7) is 0.